The second-order valence-corrected chi connectivity index (χ2v) is 4.96. The standard InChI is InChI=1S/C15H24N2/c1-3-16-12-15(14-9-5-4-6-10-14)17-11-7-8-13(17)2/h4-6,9-10,13,15-16H,3,7-8,11-12H2,1-2H3. The quantitative estimate of drug-likeness (QED) is 0.840. The van der Waals surface area contributed by atoms with Crippen LogP contribution in [0.25, 0.3) is 0 Å². The Balaban J connectivity index is 2.13. The summed E-state index contributed by atoms with van der Waals surface area (Å²) >= 11 is 0. The summed E-state index contributed by atoms with van der Waals surface area (Å²) in [7, 11) is 0. The molecule has 1 aromatic rings. The molecule has 1 aliphatic heterocycles. The van der Waals surface area contributed by atoms with Crippen LogP contribution in [-0.4, -0.2) is 30.6 Å². The fraction of sp³-hybridized carbons (Fsp3) is 0.600. The molecule has 2 unspecified atom stereocenters. The van der Waals surface area contributed by atoms with Gasteiger partial charge in [-0.05, 0) is 38.4 Å². The number of hydrogen-bond donors (Lipinski definition) is 1. The highest BCUT2D eigenvalue weighted by Gasteiger charge is 2.28. The Bertz CT molecular complexity index is 323. The van der Waals surface area contributed by atoms with Crippen molar-refractivity contribution in [2.24, 2.45) is 0 Å². The summed E-state index contributed by atoms with van der Waals surface area (Å²) < 4.78 is 0. The van der Waals surface area contributed by atoms with E-state index in [0.717, 1.165) is 19.1 Å². The first-order valence-electron chi connectivity index (χ1n) is 6.84. The lowest BCUT2D eigenvalue weighted by atomic mass is 10.0. The lowest BCUT2D eigenvalue weighted by Crippen LogP contribution is -2.37. The fourth-order valence-electron chi connectivity index (χ4n) is 2.80. The monoisotopic (exact) mass is 232 g/mol. The van der Waals surface area contributed by atoms with Crippen molar-refractivity contribution in [3.05, 3.63) is 35.9 Å². The van der Waals surface area contributed by atoms with Gasteiger partial charge in [-0.15, -0.1) is 0 Å². The van der Waals surface area contributed by atoms with Crippen LogP contribution in [0.1, 0.15) is 38.3 Å². The van der Waals surface area contributed by atoms with Crippen molar-refractivity contribution in [1.29, 1.82) is 0 Å². The third-order valence-electron chi connectivity index (χ3n) is 3.78. The van der Waals surface area contributed by atoms with Gasteiger partial charge < -0.3 is 5.32 Å². The molecule has 0 aromatic heterocycles. The summed E-state index contributed by atoms with van der Waals surface area (Å²) in [5.74, 6) is 0. The topological polar surface area (TPSA) is 15.3 Å². The molecule has 2 rings (SSSR count). The lowest BCUT2D eigenvalue weighted by Gasteiger charge is -2.32. The Morgan fingerprint density at radius 1 is 1.35 bits per heavy atom. The van der Waals surface area contributed by atoms with Crippen LogP contribution in [0.2, 0.25) is 0 Å². The molecule has 2 atom stereocenters. The van der Waals surface area contributed by atoms with Gasteiger partial charge in [-0.1, -0.05) is 37.3 Å². The van der Waals surface area contributed by atoms with E-state index in [9.17, 15) is 0 Å². The van der Waals surface area contributed by atoms with Crippen LogP contribution in [-0.2, 0) is 0 Å². The van der Waals surface area contributed by atoms with E-state index in [0.29, 0.717) is 6.04 Å². The highest BCUT2D eigenvalue weighted by Crippen LogP contribution is 2.28. The van der Waals surface area contributed by atoms with Crippen LogP contribution in [0.15, 0.2) is 30.3 Å². The van der Waals surface area contributed by atoms with E-state index >= 15 is 0 Å². The van der Waals surface area contributed by atoms with Gasteiger partial charge in [0, 0.05) is 18.6 Å². The zero-order valence-electron chi connectivity index (χ0n) is 11.0. The smallest absolute Gasteiger partial charge is 0.0475 e. The average molecular weight is 232 g/mol. The Morgan fingerprint density at radius 3 is 2.71 bits per heavy atom. The average Bonchev–Trinajstić information content (AvgIpc) is 2.78. The first-order chi connectivity index (χ1) is 8.33. The van der Waals surface area contributed by atoms with Gasteiger partial charge in [-0.3, -0.25) is 4.90 Å². The van der Waals surface area contributed by atoms with Gasteiger partial charge in [0.15, 0.2) is 0 Å². The van der Waals surface area contributed by atoms with E-state index < -0.39 is 0 Å². The summed E-state index contributed by atoms with van der Waals surface area (Å²) in [6.07, 6.45) is 2.69. The molecular weight excluding hydrogens is 208 g/mol. The fourth-order valence-corrected chi connectivity index (χ4v) is 2.80. The minimum Gasteiger partial charge on any atom is -0.315 e. The summed E-state index contributed by atoms with van der Waals surface area (Å²) in [5, 5.41) is 3.50. The van der Waals surface area contributed by atoms with Crippen molar-refractivity contribution < 1.29 is 0 Å². The molecule has 0 bridgehead atoms. The van der Waals surface area contributed by atoms with Crippen LogP contribution in [0.5, 0.6) is 0 Å². The van der Waals surface area contributed by atoms with Gasteiger partial charge in [0.25, 0.3) is 0 Å². The molecule has 0 saturated carbocycles. The SMILES string of the molecule is CCNCC(c1ccccc1)N1CCCC1C. The van der Waals surface area contributed by atoms with E-state index in [2.05, 4.69) is 54.4 Å². The third-order valence-corrected chi connectivity index (χ3v) is 3.78. The number of rotatable bonds is 5. The van der Waals surface area contributed by atoms with E-state index in [1.54, 1.807) is 0 Å². The number of likely N-dealkylation sites (N-methyl/N-ethyl adjacent to an activating group) is 1. The molecule has 0 aliphatic carbocycles. The van der Waals surface area contributed by atoms with Gasteiger partial charge in [0.2, 0.25) is 0 Å². The van der Waals surface area contributed by atoms with Gasteiger partial charge in [-0.25, -0.2) is 0 Å². The van der Waals surface area contributed by atoms with Crippen LogP contribution in [0, 0.1) is 0 Å². The number of benzene rings is 1. The minimum atomic E-state index is 0.536. The lowest BCUT2D eigenvalue weighted by molar-refractivity contribution is 0.187. The molecule has 2 heteroatoms. The zero-order valence-corrected chi connectivity index (χ0v) is 11.0. The molecule has 2 nitrogen and oxygen atoms in total. The van der Waals surface area contributed by atoms with Crippen molar-refractivity contribution in [2.45, 2.75) is 38.8 Å². The summed E-state index contributed by atoms with van der Waals surface area (Å²) in [6, 6.07) is 12.2. The normalized spacial score (nSPS) is 22.8. The van der Waals surface area contributed by atoms with Gasteiger partial charge in [0.05, 0.1) is 0 Å². The number of nitrogens with zero attached hydrogens (tertiary/aromatic N) is 1. The van der Waals surface area contributed by atoms with Crippen molar-refractivity contribution in [3.8, 4) is 0 Å². The van der Waals surface area contributed by atoms with Crippen LogP contribution < -0.4 is 5.32 Å². The molecule has 1 N–H and O–H groups in total. The van der Waals surface area contributed by atoms with Crippen LogP contribution in [0.3, 0.4) is 0 Å². The van der Waals surface area contributed by atoms with Crippen molar-refractivity contribution in [1.82, 2.24) is 10.2 Å². The van der Waals surface area contributed by atoms with Crippen molar-refractivity contribution >= 4 is 0 Å². The molecule has 0 radical (unpaired) electrons. The van der Waals surface area contributed by atoms with Crippen molar-refractivity contribution in [3.63, 3.8) is 0 Å². The highest BCUT2D eigenvalue weighted by molar-refractivity contribution is 5.20. The molecule has 0 amide bonds. The number of likely N-dealkylation sites (tertiary alicyclic amines) is 1. The first-order valence-corrected chi connectivity index (χ1v) is 6.84. The van der Waals surface area contributed by atoms with Crippen LogP contribution >= 0.6 is 0 Å². The van der Waals surface area contributed by atoms with E-state index in [4.69, 9.17) is 0 Å². The predicted octanol–water partition coefficient (Wildman–Crippen LogP) is 2.82. The zero-order chi connectivity index (χ0) is 12.1. The van der Waals surface area contributed by atoms with Gasteiger partial charge >= 0.3 is 0 Å². The predicted molar refractivity (Wildman–Crippen MR) is 73.1 cm³/mol. The summed E-state index contributed by atoms with van der Waals surface area (Å²) in [4.78, 5) is 2.65. The number of hydrogen-bond acceptors (Lipinski definition) is 2. The second-order valence-electron chi connectivity index (χ2n) is 4.96. The third kappa shape index (κ3) is 3.08. The maximum Gasteiger partial charge on any atom is 0.0475 e. The molecule has 1 aliphatic rings. The van der Waals surface area contributed by atoms with Crippen LogP contribution in [0.4, 0.5) is 0 Å². The molecule has 17 heavy (non-hydrogen) atoms. The Kier molecular flexibility index (Phi) is 4.57. The molecule has 94 valence electrons. The largest absolute Gasteiger partial charge is 0.315 e. The van der Waals surface area contributed by atoms with E-state index in [1.807, 2.05) is 0 Å². The van der Waals surface area contributed by atoms with Gasteiger partial charge in [0.1, 0.15) is 0 Å². The number of nitrogens with one attached hydrogen (secondary N) is 1. The second kappa shape index (κ2) is 6.18. The molecule has 1 fully saturated rings. The Hall–Kier alpha value is -0.860. The minimum absolute atomic E-state index is 0.536. The molecule has 1 saturated heterocycles. The van der Waals surface area contributed by atoms with E-state index in [1.165, 1.54) is 24.9 Å². The van der Waals surface area contributed by atoms with Gasteiger partial charge in [-0.2, -0.15) is 0 Å². The molecular formula is C15H24N2. The van der Waals surface area contributed by atoms with E-state index in [-0.39, 0.29) is 0 Å². The first kappa shape index (κ1) is 12.6. The Labute approximate surface area is 105 Å². The maximum absolute atomic E-state index is 3.50. The van der Waals surface area contributed by atoms with Crippen molar-refractivity contribution in [2.75, 3.05) is 19.6 Å². The molecule has 1 heterocycles. The highest BCUT2D eigenvalue weighted by atomic mass is 15.2. The summed E-state index contributed by atoms with van der Waals surface area (Å²) in [5.41, 5.74) is 1.45. The summed E-state index contributed by atoms with van der Waals surface area (Å²) in [6.45, 7) is 7.88. The maximum atomic E-state index is 3.50. The molecule has 1 aromatic carbocycles. The Morgan fingerprint density at radius 2 is 2.12 bits per heavy atom. The molecule has 0 spiro atoms.